The molecule has 0 aliphatic heterocycles. The minimum Gasteiger partial charge on any atom is -0.369 e. The highest BCUT2D eigenvalue weighted by Crippen LogP contribution is 2.19. The lowest BCUT2D eigenvalue weighted by atomic mass is 10.1. The SMILES string of the molecule is CCc1ccc(-c2cn(C)c(N)n2)cc1. The van der Waals surface area contributed by atoms with Gasteiger partial charge in [-0.2, -0.15) is 0 Å². The minimum absolute atomic E-state index is 0.546. The average molecular weight is 201 g/mol. The van der Waals surface area contributed by atoms with Gasteiger partial charge in [-0.25, -0.2) is 4.98 Å². The zero-order chi connectivity index (χ0) is 10.8. The van der Waals surface area contributed by atoms with Crippen LogP contribution in [-0.4, -0.2) is 9.55 Å². The molecule has 2 N–H and O–H groups in total. The summed E-state index contributed by atoms with van der Waals surface area (Å²) in [6.07, 6.45) is 3.00. The number of rotatable bonds is 2. The van der Waals surface area contributed by atoms with Crippen molar-refractivity contribution in [2.45, 2.75) is 13.3 Å². The van der Waals surface area contributed by atoms with E-state index in [9.17, 15) is 0 Å². The molecule has 0 saturated carbocycles. The van der Waals surface area contributed by atoms with Crippen LogP contribution in [0.2, 0.25) is 0 Å². The number of nitrogens with zero attached hydrogens (tertiary/aromatic N) is 2. The first-order chi connectivity index (χ1) is 7.20. The Morgan fingerprint density at radius 2 is 1.93 bits per heavy atom. The predicted molar refractivity (Wildman–Crippen MR) is 62.4 cm³/mol. The first-order valence-corrected chi connectivity index (χ1v) is 5.09. The molecule has 1 aromatic carbocycles. The van der Waals surface area contributed by atoms with Crippen molar-refractivity contribution in [1.29, 1.82) is 0 Å². The highest BCUT2D eigenvalue weighted by Gasteiger charge is 2.03. The molecular formula is C12H15N3. The van der Waals surface area contributed by atoms with Crippen molar-refractivity contribution in [3.05, 3.63) is 36.0 Å². The molecule has 2 aromatic rings. The first kappa shape index (κ1) is 9.77. The van der Waals surface area contributed by atoms with Crippen LogP contribution in [-0.2, 0) is 13.5 Å². The van der Waals surface area contributed by atoms with E-state index in [4.69, 9.17) is 5.73 Å². The smallest absolute Gasteiger partial charge is 0.200 e. The number of imidazole rings is 1. The van der Waals surface area contributed by atoms with E-state index in [0.717, 1.165) is 17.7 Å². The quantitative estimate of drug-likeness (QED) is 0.809. The second kappa shape index (κ2) is 3.77. The van der Waals surface area contributed by atoms with Crippen LogP contribution >= 0.6 is 0 Å². The van der Waals surface area contributed by atoms with Crippen LogP contribution in [0, 0.1) is 0 Å². The molecule has 15 heavy (non-hydrogen) atoms. The van der Waals surface area contributed by atoms with Gasteiger partial charge >= 0.3 is 0 Å². The van der Waals surface area contributed by atoms with E-state index in [1.54, 1.807) is 0 Å². The van der Waals surface area contributed by atoms with Crippen molar-refractivity contribution in [1.82, 2.24) is 9.55 Å². The van der Waals surface area contributed by atoms with Crippen LogP contribution in [0.25, 0.3) is 11.3 Å². The van der Waals surface area contributed by atoms with Crippen molar-refractivity contribution in [2.75, 3.05) is 5.73 Å². The summed E-state index contributed by atoms with van der Waals surface area (Å²) in [7, 11) is 1.90. The molecule has 0 spiro atoms. The maximum atomic E-state index is 5.69. The molecule has 0 bridgehead atoms. The van der Waals surface area contributed by atoms with Crippen LogP contribution in [0.4, 0.5) is 5.95 Å². The molecule has 0 unspecified atom stereocenters. The molecule has 0 aliphatic carbocycles. The fourth-order valence-electron chi connectivity index (χ4n) is 1.53. The Hall–Kier alpha value is -1.77. The Kier molecular flexibility index (Phi) is 2.46. The van der Waals surface area contributed by atoms with Gasteiger partial charge in [0, 0.05) is 18.8 Å². The fraction of sp³-hybridized carbons (Fsp3) is 0.250. The van der Waals surface area contributed by atoms with Gasteiger partial charge in [0.05, 0.1) is 5.69 Å². The molecule has 78 valence electrons. The zero-order valence-corrected chi connectivity index (χ0v) is 9.07. The Bertz CT molecular complexity index is 435. The average Bonchev–Trinajstić information content (AvgIpc) is 2.59. The lowest BCUT2D eigenvalue weighted by Crippen LogP contribution is -1.94. The minimum atomic E-state index is 0.546. The summed E-state index contributed by atoms with van der Waals surface area (Å²) in [5, 5.41) is 0. The first-order valence-electron chi connectivity index (χ1n) is 5.09. The van der Waals surface area contributed by atoms with Gasteiger partial charge in [0.15, 0.2) is 5.95 Å². The number of hydrogen-bond acceptors (Lipinski definition) is 2. The van der Waals surface area contributed by atoms with Crippen LogP contribution in [0.5, 0.6) is 0 Å². The maximum absolute atomic E-state index is 5.69. The lowest BCUT2D eigenvalue weighted by Gasteiger charge is -1.98. The van der Waals surface area contributed by atoms with E-state index in [-0.39, 0.29) is 0 Å². The summed E-state index contributed by atoms with van der Waals surface area (Å²) >= 11 is 0. The molecule has 0 radical (unpaired) electrons. The Labute approximate surface area is 89.6 Å². The normalized spacial score (nSPS) is 10.5. The molecule has 0 atom stereocenters. The van der Waals surface area contributed by atoms with Crippen LogP contribution < -0.4 is 5.73 Å². The van der Waals surface area contributed by atoms with Crippen molar-refractivity contribution < 1.29 is 0 Å². The van der Waals surface area contributed by atoms with Gasteiger partial charge in [0.25, 0.3) is 0 Å². The van der Waals surface area contributed by atoms with Crippen molar-refractivity contribution in [3.8, 4) is 11.3 Å². The number of nitrogens with two attached hydrogens (primary N) is 1. The molecule has 3 nitrogen and oxygen atoms in total. The molecule has 3 heteroatoms. The third kappa shape index (κ3) is 1.86. The number of benzene rings is 1. The zero-order valence-electron chi connectivity index (χ0n) is 9.07. The van der Waals surface area contributed by atoms with Crippen molar-refractivity contribution in [3.63, 3.8) is 0 Å². The number of hydrogen-bond donors (Lipinski definition) is 1. The molecule has 0 aliphatic rings. The van der Waals surface area contributed by atoms with E-state index in [2.05, 4.69) is 36.2 Å². The topological polar surface area (TPSA) is 43.8 Å². The highest BCUT2D eigenvalue weighted by molar-refractivity contribution is 5.60. The van der Waals surface area contributed by atoms with Crippen LogP contribution in [0.3, 0.4) is 0 Å². The third-order valence-electron chi connectivity index (χ3n) is 2.57. The third-order valence-corrected chi connectivity index (χ3v) is 2.57. The summed E-state index contributed by atoms with van der Waals surface area (Å²) in [5.41, 5.74) is 9.06. The molecule has 0 saturated heterocycles. The summed E-state index contributed by atoms with van der Waals surface area (Å²) < 4.78 is 1.82. The molecule has 1 aromatic heterocycles. The number of nitrogen functional groups attached to an aromatic ring is 1. The summed E-state index contributed by atoms with van der Waals surface area (Å²) in [4.78, 5) is 4.28. The monoisotopic (exact) mass is 201 g/mol. The van der Waals surface area contributed by atoms with E-state index >= 15 is 0 Å². The largest absolute Gasteiger partial charge is 0.369 e. The molecule has 1 heterocycles. The summed E-state index contributed by atoms with van der Waals surface area (Å²) in [6.45, 7) is 2.15. The predicted octanol–water partition coefficient (Wildman–Crippen LogP) is 2.23. The maximum Gasteiger partial charge on any atom is 0.200 e. The standard InChI is InChI=1S/C12H15N3/c1-3-9-4-6-10(7-5-9)11-8-15(2)12(13)14-11/h4-8H,3H2,1-2H3,(H2,13,14). The lowest BCUT2D eigenvalue weighted by molar-refractivity contribution is 0.930. The second-order valence-corrected chi connectivity index (χ2v) is 3.65. The number of anilines is 1. The van der Waals surface area contributed by atoms with Crippen molar-refractivity contribution in [2.24, 2.45) is 7.05 Å². The molecular weight excluding hydrogens is 186 g/mol. The molecule has 0 amide bonds. The molecule has 0 fully saturated rings. The fourth-order valence-corrected chi connectivity index (χ4v) is 1.53. The van der Waals surface area contributed by atoms with Crippen molar-refractivity contribution >= 4 is 5.95 Å². The van der Waals surface area contributed by atoms with Gasteiger partial charge in [-0.1, -0.05) is 31.2 Å². The van der Waals surface area contributed by atoms with E-state index < -0.39 is 0 Å². The van der Waals surface area contributed by atoms with E-state index in [0.29, 0.717) is 5.95 Å². The Morgan fingerprint density at radius 3 is 2.40 bits per heavy atom. The Morgan fingerprint density at radius 1 is 1.27 bits per heavy atom. The van der Waals surface area contributed by atoms with Crippen LogP contribution in [0.15, 0.2) is 30.5 Å². The van der Waals surface area contributed by atoms with Gasteiger partial charge in [-0.05, 0) is 12.0 Å². The van der Waals surface area contributed by atoms with Gasteiger partial charge < -0.3 is 10.3 Å². The number of aryl methyl sites for hydroxylation is 2. The highest BCUT2D eigenvalue weighted by atomic mass is 15.1. The van der Waals surface area contributed by atoms with Gasteiger partial charge in [0.2, 0.25) is 0 Å². The summed E-state index contributed by atoms with van der Waals surface area (Å²) in [6, 6.07) is 8.42. The van der Waals surface area contributed by atoms with Gasteiger partial charge in [-0.15, -0.1) is 0 Å². The van der Waals surface area contributed by atoms with Crippen LogP contribution in [0.1, 0.15) is 12.5 Å². The van der Waals surface area contributed by atoms with E-state index in [1.807, 2.05) is 17.8 Å². The van der Waals surface area contributed by atoms with E-state index in [1.165, 1.54) is 5.56 Å². The Balaban J connectivity index is 2.37. The second-order valence-electron chi connectivity index (χ2n) is 3.65. The summed E-state index contributed by atoms with van der Waals surface area (Å²) in [5.74, 6) is 0.546. The van der Waals surface area contributed by atoms with Gasteiger partial charge in [-0.3, -0.25) is 0 Å². The number of aromatic nitrogens is 2. The van der Waals surface area contributed by atoms with Gasteiger partial charge in [0.1, 0.15) is 0 Å². The molecule has 2 rings (SSSR count).